The van der Waals surface area contributed by atoms with Crippen LogP contribution in [0.1, 0.15) is 43.5 Å². The van der Waals surface area contributed by atoms with E-state index in [0.29, 0.717) is 22.3 Å². The van der Waals surface area contributed by atoms with Crippen LogP contribution in [0.4, 0.5) is 8.78 Å². The molecule has 2 amide bonds. The Morgan fingerprint density at radius 1 is 1.26 bits per heavy atom. The number of pyridine rings is 1. The van der Waals surface area contributed by atoms with Gasteiger partial charge in [0.05, 0.1) is 23.9 Å². The van der Waals surface area contributed by atoms with Crippen molar-refractivity contribution in [3.63, 3.8) is 0 Å². The van der Waals surface area contributed by atoms with Crippen molar-refractivity contribution in [2.24, 2.45) is 11.7 Å². The fourth-order valence-corrected chi connectivity index (χ4v) is 4.95. The minimum atomic E-state index is -3.44. The van der Waals surface area contributed by atoms with Gasteiger partial charge in [-0.05, 0) is 50.1 Å². The maximum absolute atomic E-state index is 13.7. The minimum Gasteiger partial charge on any atom is -0.490 e. The lowest BCUT2D eigenvalue weighted by Gasteiger charge is -2.21. The molecule has 12 heteroatoms. The van der Waals surface area contributed by atoms with E-state index in [9.17, 15) is 18.4 Å². The number of hydrogen-bond acceptors (Lipinski definition) is 7. The summed E-state index contributed by atoms with van der Waals surface area (Å²) in [6.45, 7) is 5.67. The van der Waals surface area contributed by atoms with Gasteiger partial charge >= 0.3 is 5.92 Å². The van der Waals surface area contributed by atoms with Crippen molar-refractivity contribution in [2.45, 2.75) is 57.7 Å². The van der Waals surface area contributed by atoms with Crippen molar-refractivity contribution >= 4 is 22.6 Å². The van der Waals surface area contributed by atoms with E-state index < -0.39 is 30.2 Å². The molecule has 208 valence electrons. The van der Waals surface area contributed by atoms with Gasteiger partial charge in [-0.25, -0.2) is 4.98 Å². The molecule has 3 N–H and O–H groups in total. The van der Waals surface area contributed by atoms with Crippen LogP contribution in [-0.2, 0) is 16.1 Å². The molecular formula is C27H31F2N5O5. The van der Waals surface area contributed by atoms with Crippen LogP contribution in [-0.4, -0.2) is 64.5 Å². The van der Waals surface area contributed by atoms with E-state index in [2.05, 4.69) is 15.4 Å². The molecule has 39 heavy (non-hydrogen) atoms. The van der Waals surface area contributed by atoms with Gasteiger partial charge in [-0.2, -0.15) is 13.9 Å². The molecule has 0 unspecified atom stereocenters. The molecule has 0 radical (unpaired) electrons. The maximum Gasteiger partial charge on any atom is 0.326 e. The third-order valence-electron chi connectivity index (χ3n) is 6.90. The molecule has 10 nitrogen and oxygen atoms in total. The number of carbonyl (C=O) groups excluding carboxylic acids is 2. The highest BCUT2D eigenvalue weighted by Gasteiger charge is 2.48. The lowest BCUT2D eigenvalue weighted by Crippen LogP contribution is -2.33. The molecule has 0 spiro atoms. The van der Waals surface area contributed by atoms with Gasteiger partial charge in [0.2, 0.25) is 5.88 Å². The predicted molar refractivity (Wildman–Crippen MR) is 138 cm³/mol. The van der Waals surface area contributed by atoms with Crippen LogP contribution in [0, 0.1) is 5.92 Å². The number of amides is 2. The fraction of sp³-hybridized carbons (Fsp3) is 0.481. The van der Waals surface area contributed by atoms with Crippen LogP contribution in [0.5, 0.6) is 11.6 Å². The number of ether oxygens (including phenoxy) is 3. The number of nitrogens with two attached hydrogens (primary N) is 1. The van der Waals surface area contributed by atoms with E-state index in [1.807, 2.05) is 24.7 Å². The lowest BCUT2D eigenvalue weighted by molar-refractivity contribution is -0.139. The number of halogens is 2. The molecule has 0 saturated carbocycles. The van der Waals surface area contributed by atoms with Crippen molar-refractivity contribution in [3.8, 4) is 22.8 Å². The van der Waals surface area contributed by atoms with E-state index in [1.54, 1.807) is 24.5 Å². The largest absolute Gasteiger partial charge is 0.490 e. The number of nitrogens with one attached hydrogen (secondary N) is 1. The maximum atomic E-state index is 13.7. The zero-order valence-corrected chi connectivity index (χ0v) is 21.8. The summed E-state index contributed by atoms with van der Waals surface area (Å²) in [4.78, 5) is 28.3. The average Bonchev–Trinajstić information content (AvgIpc) is 3.45. The third-order valence-corrected chi connectivity index (χ3v) is 6.90. The monoisotopic (exact) mass is 543 g/mol. The van der Waals surface area contributed by atoms with Gasteiger partial charge in [0.1, 0.15) is 12.4 Å². The Bertz CT molecular complexity index is 1390. The van der Waals surface area contributed by atoms with Crippen molar-refractivity contribution in [1.29, 1.82) is 0 Å². The molecule has 2 aromatic heterocycles. The van der Waals surface area contributed by atoms with Crippen molar-refractivity contribution in [3.05, 3.63) is 36.3 Å². The second-order valence-electron chi connectivity index (χ2n) is 10.3. The molecule has 2 aliphatic rings. The van der Waals surface area contributed by atoms with E-state index in [-0.39, 0.29) is 29.9 Å². The highest BCUT2D eigenvalue weighted by atomic mass is 19.3. The van der Waals surface area contributed by atoms with Crippen molar-refractivity contribution in [2.75, 3.05) is 19.8 Å². The summed E-state index contributed by atoms with van der Waals surface area (Å²) < 4.78 is 46.4. The molecule has 0 bridgehead atoms. The average molecular weight is 544 g/mol. The second-order valence-corrected chi connectivity index (χ2v) is 10.3. The zero-order chi connectivity index (χ0) is 27.7. The van der Waals surface area contributed by atoms with Crippen LogP contribution < -0.4 is 20.5 Å². The van der Waals surface area contributed by atoms with Gasteiger partial charge in [0.25, 0.3) is 11.8 Å². The number of benzene rings is 1. The Labute approximate surface area is 223 Å². The van der Waals surface area contributed by atoms with E-state index in [1.165, 1.54) is 0 Å². The zero-order valence-electron chi connectivity index (χ0n) is 21.8. The summed E-state index contributed by atoms with van der Waals surface area (Å²) >= 11 is 0. The van der Waals surface area contributed by atoms with Gasteiger partial charge in [0, 0.05) is 55.1 Å². The molecule has 3 aromatic rings. The van der Waals surface area contributed by atoms with Crippen LogP contribution in [0.15, 0.2) is 30.7 Å². The standard InChI is InChI=1S/C27H31F2N5O5/c1-15(2)39-23-8-20-19(7-21(23)24(30)35)22(17-10-32-34(13-17)12-16-3-5-37-6-4-16)11-31-25(20)38-14-18-9-27(28,29)26(36)33-18/h7-8,10-11,13,15-16,18H,3-6,9,12,14H2,1-2H3,(H2,30,35)(H,33,36)/t18-/m0/s1. The molecule has 1 aromatic carbocycles. The Balaban J connectivity index is 1.51. The molecule has 2 aliphatic heterocycles. The number of fused-ring (bicyclic) bond motifs is 1. The third kappa shape index (κ3) is 5.80. The number of nitrogens with zero attached hydrogens (tertiary/aromatic N) is 3. The highest BCUT2D eigenvalue weighted by Crippen LogP contribution is 2.38. The van der Waals surface area contributed by atoms with E-state index in [4.69, 9.17) is 19.9 Å². The van der Waals surface area contributed by atoms with Gasteiger partial charge in [-0.3, -0.25) is 14.3 Å². The summed E-state index contributed by atoms with van der Waals surface area (Å²) in [6.07, 6.45) is 6.27. The number of hydrogen-bond donors (Lipinski definition) is 2. The van der Waals surface area contributed by atoms with Crippen LogP contribution in [0.2, 0.25) is 0 Å². The highest BCUT2D eigenvalue weighted by molar-refractivity contribution is 6.06. The lowest BCUT2D eigenvalue weighted by atomic mass is 9.99. The Morgan fingerprint density at radius 3 is 2.69 bits per heavy atom. The molecule has 5 rings (SSSR count). The number of carbonyl (C=O) groups is 2. The summed E-state index contributed by atoms with van der Waals surface area (Å²) in [6, 6.07) is 2.37. The van der Waals surface area contributed by atoms with Crippen molar-refractivity contribution < 1.29 is 32.6 Å². The Kier molecular flexibility index (Phi) is 7.39. The summed E-state index contributed by atoms with van der Waals surface area (Å²) in [5, 5.41) is 7.89. The molecule has 4 heterocycles. The number of alkyl halides is 2. The predicted octanol–water partition coefficient (Wildman–Crippen LogP) is 3.31. The summed E-state index contributed by atoms with van der Waals surface area (Å²) in [5.41, 5.74) is 7.35. The Morgan fingerprint density at radius 2 is 2.03 bits per heavy atom. The van der Waals surface area contributed by atoms with Crippen LogP contribution >= 0.6 is 0 Å². The minimum absolute atomic E-state index is 0.150. The smallest absolute Gasteiger partial charge is 0.326 e. The van der Waals surface area contributed by atoms with E-state index in [0.717, 1.165) is 38.2 Å². The van der Waals surface area contributed by atoms with E-state index >= 15 is 0 Å². The number of aromatic nitrogens is 3. The van der Waals surface area contributed by atoms with Crippen LogP contribution in [0.25, 0.3) is 21.9 Å². The molecule has 0 aliphatic carbocycles. The van der Waals surface area contributed by atoms with Crippen LogP contribution in [0.3, 0.4) is 0 Å². The normalized spacial score (nSPS) is 19.4. The first kappa shape index (κ1) is 26.8. The Hall–Kier alpha value is -3.80. The molecule has 2 fully saturated rings. The first-order valence-corrected chi connectivity index (χ1v) is 13.0. The fourth-order valence-electron chi connectivity index (χ4n) is 4.95. The van der Waals surface area contributed by atoms with Gasteiger partial charge in [-0.1, -0.05) is 0 Å². The van der Waals surface area contributed by atoms with Gasteiger partial charge < -0.3 is 25.3 Å². The molecular weight excluding hydrogens is 512 g/mol. The van der Waals surface area contributed by atoms with Gasteiger partial charge in [0.15, 0.2) is 0 Å². The van der Waals surface area contributed by atoms with Gasteiger partial charge in [-0.15, -0.1) is 0 Å². The quantitative estimate of drug-likeness (QED) is 0.423. The molecule has 1 atom stereocenters. The first-order chi connectivity index (χ1) is 18.6. The first-order valence-electron chi connectivity index (χ1n) is 13.0. The summed E-state index contributed by atoms with van der Waals surface area (Å²) in [7, 11) is 0. The second kappa shape index (κ2) is 10.8. The van der Waals surface area contributed by atoms with Crippen molar-refractivity contribution in [1.82, 2.24) is 20.1 Å². The number of primary amides is 1. The number of rotatable bonds is 9. The topological polar surface area (TPSA) is 131 Å². The SMILES string of the molecule is CC(C)Oc1cc2c(OC[C@@H]3CC(F)(F)C(=O)N3)ncc(-c3cnn(CC4CCOCC4)c3)c2cc1C(N)=O. The molecule has 2 saturated heterocycles. The summed E-state index contributed by atoms with van der Waals surface area (Å²) in [5.74, 6) is -4.54.